The van der Waals surface area contributed by atoms with Crippen molar-refractivity contribution in [3.05, 3.63) is 35.6 Å². The third kappa shape index (κ3) is 2.88. The van der Waals surface area contributed by atoms with Crippen LogP contribution in [0.15, 0.2) is 24.3 Å². The lowest BCUT2D eigenvalue weighted by atomic mass is 9.73. The maximum absolute atomic E-state index is 13.2. The summed E-state index contributed by atoms with van der Waals surface area (Å²) in [5.41, 5.74) is 0.103. The first kappa shape index (κ1) is 15.4. The van der Waals surface area contributed by atoms with Gasteiger partial charge < -0.3 is 15.7 Å². The van der Waals surface area contributed by atoms with E-state index in [-0.39, 0.29) is 23.7 Å². The highest BCUT2D eigenvalue weighted by atomic mass is 19.1. The molecule has 1 aliphatic carbocycles. The molecule has 1 aromatic rings. The fourth-order valence-corrected chi connectivity index (χ4v) is 3.25. The summed E-state index contributed by atoms with van der Waals surface area (Å²) in [6.45, 7) is 2.10. The molecule has 0 aromatic heterocycles. The topological polar surface area (TPSA) is 61.4 Å². The zero-order chi connectivity index (χ0) is 15.6. The molecule has 0 unspecified atom stereocenters. The van der Waals surface area contributed by atoms with Crippen molar-refractivity contribution in [3.63, 3.8) is 0 Å². The quantitative estimate of drug-likeness (QED) is 0.769. The Kier molecular flexibility index (Phi) is 4.19. The van der Waals surface area contributed by atoms with E-state index in [4.69, 9.17) is 0 Å². The van der Waals surface area contributed by atoms with Gasteiger partial charge in [-0.25, -0.2) is 4.39 Å². The van der Waals surface area contributed by atoms with E-state index in [0.29, 0.717) is 13.1 Å². The van der Waals surface area contributed by atoms with Crippen molar-refractivity contribution in [2.24, 2.45) is 5.41 Å². The number of benzene rings is 1. The van der Waals surface area contributed by atoms with Gasteiger partial charge in [-0.05, 0) is 49.9 Å². The van der Waals surface area contributed by atoms with Crippen molar-refractivity contribution in [2.75, 3.05) is 26.2 Å². The van der Waals surface area contributed by atoms with E-state index in [0.717, 1.165) is 37.8 Å². The van der Waals surface area contributed by atoms with Crippen LogP contribution in [0.3, 0.4) is 0 Å². The van der Waals surface area contributed by atoms with Gasteiger partial charge in [0.1, 0.15) is 5.82 Å². The van der Waals surface area contributed by atoms with Gasteiger partial charge in [-0.3, -0.25) is 4.79 Å². The number of aliphatic hydroxyl groups excluding tert-OH is 1. The first-order chi connectivity index (χ1) is 10.6. The van der Waals surface area contributed by atoms with Crippen LogP contribution in [0.5, 0.6) is 0 Å². The fourth-order valence-electron chi connectivity index (χ4n) is 3.25. The predicted molar refractivity (Wildman–Crippen MR) is 81.9 cm³/mol. The van der Waals surface area contributed by atoms with Crippen LogP contribution in [0, 0.1) is 11.2 Å². The molecule has 2 aliphatic rings. The van der Waals surface area contributed by atoms with Crippen LogP contribution >= 0.6 is 0 Å². The van der Waals surface area contributed by atoms with Crippen molar-refractivity contribution in [1.82, 2.24) is 10.6 Å². The molecule has 0 radical (unpaired) electrons. The Morgan fingerprint density at radius 1 is 1.27 bits per heavy atom. The molecule has 3 N–H and O–H groups in total. The molecule has 3 rings (SSSR count). The number of carbonyl (C=O) groups excluding carboxylic acids is 1. The van der Waals surface area contributed by atoms with Crippen LogP contribution in [0.25, 0.3) is 0 Å². The van der Waals surface area contributed by atoms with Crippen LogP contribution in [0.2, 0.25) is 0 Å². The van der Waals surface area contributed by atoms with E-state index in [1.54, 1.807) is 12.1 Å². The minimum Gasteiger partial charge on any atom is -0.396 e. The summed E-state index contributed by atoms with van der Waals surface area (Å²) in [6, 6.07) is 6.24. The molecule has 4 nitrogen and oxygen atoms in total. The highest BCUT2D eigenvalue weighted by molar-refractivity contribution is 5.88. The average Bonchev–Trinajstić information content (AvgIpc) is 3.34. The smallest absolute Gasteiger partial charge is 0.231 e. The Bertz CT molecular complexity index is 534. The van der Waals surface area contributed by atoms with Crippen LogP contribution in [-0.2, 0) is 10.2 Å². The van der Waals surface area contributed by atoms with E-state index < -0.39 is 5.41 Å². The molecule has 0 bridgehead atoms. The standard InChI is InChI=1S/C17H23FN2O2/c18-14-4-2-13(3-5-14)17(6-1-9-19-11-17)15(22)20-10-16(12-21)7-8-16/h2-5,19,21H,1,6-12H2,(H,20,22)/t17-/m1/s1. The second kappa shape index (κ2) is 5.97. The Morgan fingerprint density at radius 2 is 2.00 bits per heavy atom. The summed E-state index contributed by atoms with van der Waals surface area (Å²) in [4.78, 5) is 12.9. The van der Waals surface area contributed by atoms with Crippen molar-refractivity contribution in [2.45, 2.75) is 31.1 Å². The maximum Gasteiger partial charge on any atom is 0.231 e. The van der Waals surface area contributed by atoms with Gasteiger partial charge in [0, 0.05) is 18.5 Å². The van der Waals surface area contributed by atoms with E-state index in [2.05, 4.69) is 10.6 Å². The molecule has 1 aliphatic heterocycles. The van der Waals surface area contributed by atoms with Gasteiger partial charge in [0.25, 0.3) is 0 Å². The summed E-state index contributed by atoms with van der Waals surface area (Å²) < 4.78 is 13.2. The Hall–Kier alpha value is -1.46. The minimum absolute atomic E-state index is 0.0222. The SMILES string of the molecule is O=C(NCC1(CO)CC1)[C@]1(c2ccc(F)cc2)CCCNC1. The number of hydrogen-bond acceptors (Lipinski definition) is 3. The Balaban J connectivity index is 1.79. The lowest BCUT2D eigenvalue weighted by molar-refractivity contribution is -0.127. The van der Waals surface area contributed by atoms with Gasteiger partial charge in [-0.1, -0.05) is 12.1 Å². The summed E-state index contributed by atoms with van der Waals surface area (Å²) in [7, 11) is 0. The number of piperidine rings is 1. The van der Waals surface area contributed by atoms with Crippen molar-refractivity contribution in [1.29, 1.82) is 0 Å². The highest BCUT2D eigenvalue weighted by Gasteiger charge is 2.45. The van der Waals surface area contributed by atoms with E-state index in [9.17, 15) is 14.3 Å². The molecular weight excluding hydrogens is 283 g/mol. The molecular formula is C17H23FN2O2. The summed E-state index contributed by atoms with van der Waals surface area (Å²) in [5.74, 6) is -0.314. The molecule has 5 heteroatoms. The maximum atomic E-state index is 13.2. The fraction of sp³-hybridized carbons (Fsp3) is 0.588. The van der Waals surface area contributed by atoms with Crippen molar-refractivity contribution >= 4 is 5.91 Å². The third-order valence-electron chi connectivity index (χ3n) is 5.13. The first-order valence-electron chi connectivity index (χ1n) is 7.96. The zero-order valence-corrected chi connectivity index (χ0v) is 12.7. The molecule has 1 saturated heterocycles. The number of carbonyl (C=O) groups is 1. The van der Waals surface area contributed by atoms with Gasteiger partial charge in [0.15, 0.2) is 0 Å². The van der Waals surface area contributed by atoms with Crippen molar-refractivity contribution < 1.29 is 14.3 Å². The molecule has 120 valence electrons. The molecule has 1 aromatic carbocycles. The second-order valence-electron chi connectivity index (χ2n) is 6.71. The van der Waals surface area contributed by atoms with Gasteiger partial charge in [0.05, 0.1) is 12.0 Å². The second-order valence-corrected chi connectivity index (χ2v) is 6.71. The highest BCUT2D eigenvalue weighted by Crippen LogP contribution is 2.44. The number of halogens is 1. The van der Waals surface area contributed by atoms with Gasteiger partial charge >= 0.3 is 0 Å². The summed E-state index contributed by atoms with van der Waals surface area (Å²) >= 11 is 0. The number of amides is 1. The molecule has 0 spiro atoms. The lowest BCUT2D eigenvalue weighted by Crippen LogP contribution is -2.54. The van der Waals surface area contributed by atoms with Crippen LogP contribution < -0.4 is 10.6 Å². The van der Waals surface area contributed by atoms with Gasteiger partial charge in [-0.15, -0.1) is 0 Å². The number of hydrogen-bond donors (Lipinski definition) is 3. The molecule has 1 amide bonds. The zero-order valence-electron chi connectivity index (χ0n) is 12.7. The number of rotatable bonds is 5. The van der Waals surface area contributed by atoms with Gasteiger partial charge in [0.2, 0.25) is 5.91 Å². The summed E-state index contributed by atoms with van der Waals surface area (Å²) in [5, 5.41) is 15.7. The van der Waals surface area contributed by atoms with E-state index >= 15 is 0 Å². The molecule has 1 saturated carbocycles. The number of nitrogens with one attached hydrogen (secondary N) is 2. The monoisotopic (exact) mass is 306 g/mol. The van der Waals surface area contributed by atoms with Gasteiger partial charge in [-0.2, -0.15) is 0 Å². The lowest BCUT2D eigenvalue weighted by Gasteiger charge is -2.37. The normalized spacial score (nSPS) is 26.5. The first-order valence-corrected chi connectivity index (χ1v) is 7.96. The average molecular weight is 306 g/mol. The summed E-state index contributed by atoms with van der Waals surface area (Å²) in [6.07, 6.45) is 3.59. The predicted octanol–water partition coefficient (Wildman–Crippen LogP) is 1.34. The third-order valence-corrected chi connectivity index (χ3v) is 5.13. The molecule has 1 atom stereocenters. The molecule has 22 heavy (non-hydrogen) atoms. The Labute approximate surface area is 130 Å². The molecule has 2 fully saturated rings. The largest absolute Gasteiger partial charge is 0.396 e. The van der Waals surface area contributed by atoms with Crippen molar-refractivity contribution in [3.8, 4) is 0 Å². The molecule has 1 heterocycles. The number of aliphatic hydroxyl groups is 1. The van der Waals surface area contributed by atoms with E-state index in [1.165, 1.54) is 12.1 Å². The van der Waals surface area contributed by atoms with Crippen LogP contribution in [0.1, 0.15) is 31.2 Å². The van der Waals surface area contributed by atoms with E-state index in [1.807, 2.05) is 0 Å². The van der Waals surface area contributed by atoms with Crippen LogP contribution in [0.4, 0.5) is 4.39 Å². The minimum atomic E-state index is -0.641. The van der Waals surface area contributed by atoms with Crippen LogP contribution in [-0.4, -0.2) is 37.3 Å². The Morgan fingerprint density at radius 3 is 2.55 bits per heavy atom.